The summed E-state index contributed by atoms with van der Waals surface area (Å²) in [5.74, 6) is 0.844. The molecule has 0 heterocycles. The fraction of sp³-hybridized carbons (Fsp3) is 0.300. The molecule has 0 aliphatic rings. The molecular weight excluding hydrogens is 150 g/mol. The molecule has 0 bridgehead atoms. The number of ether oxygens (including phenoxy) is 1. The van der Waals surface area contributed by atoms with Crippen molar-refractivity contribution in [2.45, 2.75) is 19.6 Å². The smallest absolute Gasteiger partial charge is 0.188 e. The number of aliphatic imine (C=N–C) groups is 1. The molecule has 0 aliphatic carbocycles. The Balaban J connectivity index is 2.56. The molecule has 1 rings (SSSR count). The molecule has 0 radical (unpaired) electrons. The average molecular weight is 163 g/mol. The second-order valence-electron chi connectivity index (χ2n) is 2.48. The highest BCUT2D eigenvalue weighted by Gasteiger charge is 2.01. The lowest BCUT2D eigenvalue weighted by molar-refractivity contribution is 0.208. The van der Waals surface area contributed by atoms with Crippen LogP contribution in [0.5, 0.6) is 5.75 Å². The van der Waals surface area contributed by atoms with E-state index in [0.29, 0.717) is 0 Å². The van der Waals surface area contributed by atoms with Crippen LogP contribution in [0.25, 0.3) is 0 Å². The van der Waals surface area contributed by atoms with Crippen LogP contribution in [0.15, 0.2) is 35.3 Å². The summed E-state index contributed by atoms with van der Waals surface area (Å²) < 4.78 is 5.48. The van der Waals surface area contributed by atoms with Gasteiger partial charge in [-0.2, -0.15) is 0 Å². The van der Waals surface area contributed by atoms with Crippen molar-refractivity contribution in [3.63, 3.8) is 0 Å². The highest BCUT2D eigenvalue weighted by molar-refractivity contribution is 5.25. The van der Waals surface area contributed by atoms with Gasteiger partial charge >= 0.3 is 0 Å². The van der Waals surface area contributed by atoms with Gasteiger partial charge in [0.05, 0.1) is 0 Å². The van der Waals surface area contributed by atoms with Crippen molar-refractivity contribution in [2.24, 2.45) is 4.99 Å². The molecule has 2 nitrogen and oxygen atoms in total. The van der Waals surface area contributed by atoms with Crippen molar-refractivity contribution < 1.29 is 4.74 Å². The second kappa shape index (κ2) is 4.54. The van der Waals surface area contributed by atoms with Gasteiger partial charge in [0.1, 0.15) is 5.75 Å². The molecule has 0 saturated carbocycles. The molecule has 1 aromatic rings. The van der Waals surface area contributed by atoms with Crippen LogP contribution in [0, 0.1) is 0 Å². The molecule has 64 valence electrons. The predicted octanol–water partition coefficient (Wildman–Crippen LogP) is 2.50. The minimum absolute atomic E-state index is 0.118. The van der Waals surface area contributed by atoms with E-state index in [0.717, 1.165) is 12.2 Å². The third-order valence-electron chi connectivity index (χ3n) is 1.57. The third kappa shape index (κ3) is 2.38. The number of rotatable bonds is 4. The van der Waals surface area contributed by atoms with Gasteiger partial charge in [-0.15, -0.1) is 0 Å². The Morgan fingerprint density at radius 1 is 1.42 bits per heavy atom. The predicted molar refractivity (Wildman–Crippen MR) is 50.7 cm³/mol. The SMILES string of the molecule is C=NC(CC)Oc1ccccc1. The van der Waals surface area contributed by atoms with Crippen LogP contribution in [0.2, 0.25) is 0 Å². The number of nitrogens with zero attached hydrogens (tertiary/aromatic N) is 1. The van der Waals surface area contributed by atoms with Crippen LogP contribution in [0.3, 0.4) is 0 Å². The first-order valence-corrected chi connectivity index (χ1v) is 4.04. The first kappa shape index (κ1) is 8.78. The molecule has 0 amide bonds. The minimum atomic E-state index is -0.118. The van der Waals surface area contributed by atoms with Crippen LogP contribution in [-0.4, -0.2) is 12.9 Å². The summed E-state index contributed by atoms with van der Waals surface area (Å²) in [5, 5.41) is 0. The quantitative estimate of drug-likeness (QED) is 0.625. The minimum Gasteiger partial charge on any atom is -0.469 e. The molecule has 1 atom stereocenters. The van der Waals surface area contributed by atoms with E-state index in [4.69, 9.17) is 4.74 Å². The molecule has 0 aromatic heterocycles. The average Bonchev–Trinajstić information content (AvgIpc) is 2.16. The molecule has 2 heteroatoms. The lowest BCUT2D eigenvalue weighted by Gasteiger charge is -2.11. The number of hydrogen-bond donors (Lipinski definition) is 0. The number of benzene rings is 1. The van der Waals surface area contributed by atoms with Gasteiger partial charge in [-0.05, 0) is 18.9 Å². The highest BCUT2D eigenvalue weighted by Crippen LogP contribution is 2.12. The van der Waals surface area contributed by atoms with Gasteiger partial charge in [0.15, 0.2) is 6.23 Å². The van der Waals surface area contributed by atoms with Gasteiger partial charge < -0.3 is 4.74 Å². The molecule has 0 spiro atoms. The molecule has 1 aromatic carbocycles. The van der Waals surface area contributed by atoms with E-state index in [9.17, 15) is 0 Å². The molecular formula is C10H13NO. The second-order valence-corrected chi connectivity index (χ2v) is 2.48. The summed E-state index contributed by atoms with van der Waals surface area (Å²) in [6.45, 7) is 5.47. The maximum atomic E-state index is 5.48. The normalized spacial score (nSPS) is 12.1. The van der Waals surface area contributed by atoms with Crippen LogP contribution in [0.4, 0.5) is 0 Å². The topological polar surface area (TPSA) is 21.6 Å². The summed E-state index contributed by atoms with van der Waals surface area (Å²) in [6, 6.07) is 9.65. The van der Waals surface area contributed by atoms with Crippen molar-refractivity contribution >= 4 is 6.72 Å². The van der Waals surface area contributed by atoms with Crippen LogP contribution in [-0.2, 0) is 0 Å². The molecule has 0 saturated heterocycles. The zero-order chi connectivity index (χ0) is 8.81. The van der Waals surface area contributed by atoms with E-state index in [-0.39, 0.29) is 6.23 Å². The van der Waals surface area contributed by atoms with Gasteiger partial charge in [0.2, 0.25) is 0 Å². The number of hydrogen-bond acceptors (Lipinski definition) is 2. The first-order chi connectivity index (χ1) is 5.86. The Labute approximate surface area is 72.9 Å². The summed E-state index contributed by atoms with van der Waals surface area (Å²) >= 11 is 0. The Bertz CT molecular complexity index is 233. The number of para-hydroxylation sites is 1. The molecule has 0 fully saturated rings. The van der Waals surface area contributed by atoms with Gasteiger partial charge in [-0.1, -0.05) is 25.1 Å². The Hall–Kier alpha value is -1.31. The standard InChI is InChI=1S/C10H13NO/c1-3-10(11-2)12-9-7-5-4-6-8-9/h4-8,10H,2-3H2,1H3. The van der Waals surface area contributed by atoms with Crippen molar-refractivity contribution in [2.75, 3.05) is 0 Å². The largest absolute Gasteiger partial charge is 0.469 e. The van der Waals surface area contributed by atoms with E-state index in [1.54, 1.807) is 0 Å². The van der Waals surface area contributed by atoms with Crippen LogP contribution < -0.4 is 4.74 Å². The summed E-state index contributed by atoms with van der Waals surface area (Å²) in [6.07, 6.45) is 0.727. The van der Waals surface area contributed by atoms with E-state index < -0.39 is 0 Å². The van der Waals surface area contributed by atoms with Crippen molar-refractivity contribution in [1.82, 2.24) is 0 Å². The molecule has 0 aliphatic heterocycles. The van der Waals surface area contributed by atoms with Gasteiger partial charge in [0, 0.05) is 6.42 Å². The fourth-order valence-corrected chi connectivity index (χ4v) is 0.906. The zero-order valence-electron chi connectivity index (χ0n) is 7.23. The third-order valence-corrected chi connectivity index (χ3v) is 1.57. The van der Waals surface area contributed by atoms with E-state index >= 15 is 0 Å². The van der Waals surface area contributed by atoms with Crippen molar-refractivity contribution in [3.05, 3.63) is 30.3 Å². The lowest BCUT2D eigenvalue weighted by Crippen LogP contribution is -2.11. The summed E-state index contributed by atoms with van der Waals surface area (Å²) in [4.78, 5) is 3.83. The van der Waals surface area contributed by atoms with Crippen molar-refractivity contribution in [3.8, 4) is 5.75 Å². The van der Waals surface area contributed by atoms with E-state index in [2.05, 4.69) is 11.7 Å². The zero-order valence-corrected chi connectivity index (χ0v) is 7.23. The lowest BCUT2D eigenvalue weighted by atomic mass is 10.3. The van der Waals surface area contributed by atoms with Crippen LogP contribution in [0.1, 0.15) is 13.3 Å². The Morgan fingerprint density at radius 2 is 2.08 bits per heavy atom. The van der Waals surface area contributed by atoms with Crippen molar-refractivity contribution in [1.29, 1.82) is 0 Å². The summed E-state index contributed by atoms with van der Waals surface area (Å²) in [7, 11) is 0. The molecule has 0 N–H and O–H groups in total. The highest BCUT2D eigenvalue weighted by atomic mass is 16.5. The van der Waals surface area contributed by atoms with Gasteiger partial charge in [-0.25, -0.2) is 0 Å². The summed E-state index contributed by atoms with van der Waals surface area (Å²) in [5.41, 5.74) is 0. The van der Waals surface area contributed by atoms with Gasteiger partial charge in [-0.3, -0.25) is 4.99 Å². The fourth-order valence-electron chi connectivity index (χ4n) is 0.906. The Kier molecular flexibility index (Phi) is 3.33. The first-order valence-electron chi connectivity index (χ1n) is 4.04. The molecule has 12 heavy (non-hydrogen) atoms. The Morgan fingerprint density at radius 3 is 2.58 bits per heavy atom. The van der Waals surface area contributed by atoms with Crippen LogP contribution >= 0.6 is 0 Å². The maximum Gasteiger partial charge on any atom is 0.188 e. The van der Waals surface area contributed by atoms with Gasteiger partial charge in [0.25, 0.3) is 0 Å². The van der Waals surface area contributed by atoms with E-state index in [1.807, 2.05) is 37.3 Å². The monoisotopic (exact) mass is 163 g/mol. The van der Waals surface area contributed by atoms with E-state index in [1.165, 1.54) is 0 Å². The molecule has 1 unspecified atom stereocenters. The maximum absolute atomic E-state index is 5.48.